The van der Waals surface area contributed by atoms with Crippen molar-refractivity contribution in [1.29, 1.82) is 0 Å². The number of para-hydroxylation sites is 1. The largest absolute Gasteiger partial charge is 0.488 e. The first-order valence-electron chi connectivity index (χ1n) is 10.9. The average Bonchev–Trinajstić information content (AvgIpc) is 3.29. The molecule has 0 bridgehead atoms. The van der Waals surface area contributed by atoms with E-state index in [1.165, 1.54) is 0 Å². The van der Waals surface area contributed by atoms with Crippen molar-refractivity contribution in [2.75, 3.05) is 5.32 Å². The predicted molar refractivity (Wildman–Crippen MR) is 127 cm³/mol. The third-order valence-electron chi connectivity index (χ3n) is 5.59. The van der Waals surface area contributed by atoms with E-state index >= 15 is 0 Å². The van der Waals surface area contributed by atoms with E-state index in [1.54, 1.807) is 6.92 Å². The average molecular weight is 445 g/mol. The number of amides is 1. The smallest absolute Gasteiger partial charge is 0.278 e. The molecule has 0 unspecified atom stereocenters. The van der Waals surface area contributed by atoms with Crippen LogP contribution in [0.1, 0.15) is 49.9 Å². The van der Waals surface area contributed by atoms with Crippen molar-refractivity contribution in [3.8, 4) is 5.75 Å². The number of hydrogen-bond acceptors (Lipinski definition) is 5. The van der Waals surface area contributed by atoms with Crippen LogP contribution in [0, 0.1) is 34.6 Å². The third-order valence-corrected chi connectivity index (χ3v) is 5.59. The highest BCUT2D eigenvalue weighted by molar-refractivity contribution is 6.03. The second-order valence-electron chi connectivity index (χ2n) is 8.31. The molecule has 0 atom stereocenters. The lowest BCUT2D eigenvalue weighted by Gasteiger charge is -2.12. The molecule has 0 radical (unpaired) electrons. The molecular weight excluding hydrogens is 416 g/mol. The molecule has 7 nitrogen and oxygen atoms in total. The van der Waals surface area contributed by atoms with Gasteiger partial charge in [-0.05, 0) is 69.5 Å². The van der Waals surface area contributed by atoms with Gasteiger partial charge >= 0.3 is 0 Å². The lowest BCUT2D eigenvalue weighted by Crippen LogP contribution is -2.16. The summed E-state index contributed by atoms with van der Waals surface area (Å²) < 4.78 is 13.3. The zero-order valence-electron chi connectivity index (χ0n) is 19.6. The van der Waals surface area contributed by atoms with E-state index in [9.17, 15) is 4.79 Å². The fourth-order valence-electron chi connectivity index (χ4n) is 3.86. The Morgan fingerprint density at radius 2 is 1.76 bits per heavy atom. The molecule has 4 aromatic rings. The Labute approximate surface area is 193 Å². The Morgan fingerprint density at radius 3 is 2.45 bits per heavy atom. The maximum Gasteiger partial charge on any atom is 0.278 e. The Morgan fingerprint density at radius 1 is 1.03 bits per heavy atom. The monoisotopic (exact) mass is 444 g/mol. The van der Waals surface area contributed by atoms with Gasteiger partial charge in [-0.15, -0.1) is 0 Å². The molecule has 170 valence electrons. The topological polar surface area (TPSA) is 82.2 Å². The molecular formula is C26H28N4O3. The van der Waals surface area contributed by atoms with Gasteiger partial charge in [0, 0.05) is 11.4 Å². The van der Waals surface area contributed by atoms with Crippen molar-refractivity contribution in [1.82, 2.24) is 14.9 Å². The molecule has 0 aliphatic heterocycles. The van der Waals surface area contributed by atoms with Gasteiger partial charge in [0.25, 0.3) is 5.91 Å². The standard InChI is InChI=1S/C26H28N4O3/c1-16-8-6-9-17(2)25(16)32-15-23-20(5)33-29-24(23)26(31)27-22-11-7-10-21(13-22)14-30-19(4)12-18(3)28-30/h6-13H,14-15H2,1-5H3,(H,27,31). The summed E-state index contributed by atoms with van der Waals surface area (Å²) in [5, 5.41) is 11.4. The highest BCUT2D eigenvalue weighted by Crippen LogP contribution is 2.25. The van der Waals surface area contributed by atoms with Crippen molar-refractivity contribution < 1.29 is 14.1 Å². The molecule has 0 spiro atoms. The van der Waals surface area contributed by atoms with Gasteiger partial charge in [0.15, 0.2) is 5.69 Å². The third kappa shape index (κ3) is 4.98. The van der Waals surface area contributed by atoms with E-state index in [4.69, 9.17) is 9.26 Å². The van der Waals surface area contributed by atoms with Gasteiger partial charge < -0.3 is 14.6 Å². The summed E-state index contributed by atoms with van der Waals surface area (Å²) in [6.07, 6.45) is 0. The second-order valence-corrected chi connectivity index (χ2v) is 8.31. The minimum absolute atomic E-state index is 0.196. The van der Waals surface area contributed by atoms with E-state index in [0.29, 0.717) is 23.6 Å². The molecule has 1 amide bonds. The van der Waals surface area contributed by atoms with E-state index in [1.807, 2.05) is 80.9 Å². The number of nitrogens with one attached hydrogen (secondary N) is 1. The zero-order chi connectivity index (χ0) is 23.5. The molecule has 2 aromatic heterocycles. The summed E-state index contributed by atoms with van der Waals surface area (Å²) in [5.41, 5.74) is 6.72. The summed E-state index contributed by atoms with van der Waals surface area (Å²) in [7, 11) is 0. The number of benzene rings is 2. The van der Waals surface area contributed by atoms with Gasteiger partial charge in [0.05, 0.1) is 17.8 Å². The molecule has 0 saturated carbocycles. The summed E-state index contributed by atoms with van der Waals surface area (Å²) in [6.45, 7) is 10.6. The summed E-state index contributed by atoms with van der Waals surface area (Å²) in [6, 6.07) is 15.7. The quantitative estimate of drug-likeness (QED) is 0.419. The molecule has 4 rings (SSSR count). The number of aromatic nitrogens is 3. The van der Waals surface area contributed by atoms with E-state index in [-0.39, 0.29) is 18.2 Å². The highest BCUT2D eigenvalue weighted by atomic mass is 16.5. The number of anilines is 1. The fourth-order valence-corrected chi connectivity index (χ4v) is 3.86. The number of nitrogens with zero attached hydrogens (tertiary/aromatic N) is 3. The van der Waals surface area contributed by atoms with Gasteiger partial charge in [-0.2, -0.15) is 5.10 Å². The second kappa shape index (κ2) is 9.32. The number of aryl methyl sites for hydroxylation is 5. The maximum absolute atomic E-state index is 13.0. The lowest BCUT2D eigenvalue weighted by atomic mass is 10.1. The Hall–Kier alpha value is -3.87. The first-order valence-corrected chi connectivity index (χ1v) is 10.9. The number of hydrogen-bond donors (Lipinski definition) is 1. The molecule has 0 saturated heterocycles. The molecule has 0 aliphatic rings. The Kier molecular flexibility index (Phi) is 6.31. The number of rotatable bonds is 7. The van der Waals surface area contributed by atoms with Gasteiger partial charge in [-0.3, -0.25) is 9.48 Å². The zero-order valence-corrected chi connectivity index (χ0v) is 19.6. The van der Waals surface area contributed by atoms with Crippen molar-refractivity contribution in [3.63, 3.8) is 0 Å². The van der Waals surface area contributed by atoms with Crippen molar-refractivity contribution >= 4 is 11.6 Å². The van der Waals surface area contributed by atoms with Crippen molar-refractivity contribution in [3.05, 3.63) is 93.6 Å². The van der Waals surface area contributed by atoms with Crippen molar-refractivity contribution in [2.24, 2.45) is 0 Å². The van der Waals surface area contributed by atoms with Crippen LogP contribution in [0.15, 0.2) is 53.1 Å². The maximum atomic E-state index is 13.0. The number of ether oxygens (including phenoxy) is 1. The van der Waals surface area contributed by atoms with Gasteiger partial charge in [-0.1, -0.05) is 35.5 Å². The summed E-state index contributed by atoms with van der Waals surface area (Å²) in [5.74, 6) is 1.03. The van der Waals surface area contributed by atoms with Gasteiger partial charge in [0.1, 0.15) is 18.1 Å². The van der Waals surface area contributed by atoms with Crippen LogP contribution < -0.4 is 10.1 Å². The van der Waals surface area contributed by atoms with Crippen LogP contribution >= 0.6 is 0 Å². The lowest BCUT2D eigenvalue weighted by molar-refractivity contribution is 0.101. The Bertz CT molecular complexity index is 1280. The van der Waals surface area contributed by atoms with Crippen LogP contribution in [-0.2, 0) is 13.2 Å². The predicted octanol–water partition coefficient (Wildman–Crippen LogP) is 5.29. The summed E-state index contributed by atoms with van der Waals surface area (Å²) >= 11 is 0. The van der Waals surface area contributed by atoms with E-state index in [2.05, 4.69) is 15.6 Å². The molecule has 2 heterocycles. The first kappa shape index (κ1) is 22.3. The Balaban J connectivity index is 1.49. The number of carbonyl (C=O) groups is 1. The molecule has 1 N–H and O–H groups in total. The van der Waals surface area contributed by atoms with Crippen LogP contribution in [0.2, 0.25) is 0 Å². The molecule has 33 heavy (non-hydrogen) atoms. The molecule has 2 aromatic carbocycles. The van der Waals surface area contributed by atoms with Gasteiger partial charge in [0.2, 0.25) is 0 Å². The van der Waals surface area contributed by atoms with Crippen LogP contribution in [0.3, 0.4) is 0 Å². The SMILES string of the molecule is Cc1cc(C)n(Cc2cccc(NC(=O)c3noc(C)c3COc3c(C)cccc3C)c2)n1. The van der Waals surface area contributed by atoms with Crippen LogP contribution in [0.4, 0.5) is 5.69 Å². The normalized spacial score (nSPS) is 10.9. The molecule has 0 fully saturated rings. The first-order chi connectivity index (χ1) is 15.8. The minimum atomic E-state index is -0.338. The van der Waals surface area contributed by atoms with E-state index in [0.717, 1.165) is 33.8 Å². The minimum Gasteiger partial charge on any atom is -0.488 e. The van der Waals surface area contributed by atoms with Crippen LogP contribution in [0.25, 0.3) is 0 Å². The summed E-state index contributed by atoms with van der Waals surface area (Å²) in [4.78, 5) is 13.0. The van der Waals surface area contributed by atoms with Gasteiger partial charge in [-0.25, -0.2) is 0 Å². The van der Waals surface area contributed by atoms with E-state index < -0.39 is 0 Å². The van der Waals surface area contributed by atoms with Crippen molar-refractivity contribution in [2.45, 2.75) is 47.8 Å². The molecule has 7 heteroatoms. The number of carbonyl (C=O) groups excluding carboxylic acids is 1. The van der Waals surface area contributed by atoms with Crippen LogP contribution in [-0.4, -0.2) is 20.8 Å². The highest BCUT2D eigenvalue weighted by Gasteiger charge is 2.21. The fraction of sp³-hybridized carbons (Fsp3) is 0.269. The molecule has 0 aliphatic carbocycles. The van der Waals surface area contributed by atoms with Crippen LogP contribution in [0.5, 0.6) is 5.75 Å².